The molecule has 138 valence electrons. The van der Waals surface area contributed by atoms with Gasteiger partial charge in [-0.05, 0) is 56.5 Å². The molecule has 0 aromatic heterocycles. The minimum atomic E-state index is -0.461. The molecule has 1 heterocycles. The summed E-state index contributed by atoms with van der Waals surface area (Å²) in [7, 11) is 2.06. The van der Waals surface area contributed by atoms with Crippen molar-refractivity contribution in [3.05, 3.63) is 34.9 Å². The highest BCUT2D eigenvalue weighted by atomic mass is 16.2. The van der Waals surface area contributed by atoms with Crippen molar-refractivity contribution in [1.29, 1.82) is 0 Å². The van der Waals surface area contributed by atoms with Gasteiger partial charge in [0.15, 0.2) is 0 Å². The largest absolute Gasteiger partial charge is 0.340 e. The van der Waals surface area contributed by atoms with Crippen molar-refractivity contribution in [2.24, 2.45) is 5.92 Å². The highest BCUT2D eigenvalue weighted by Crippen LogP contribution is 2.13. The number of carbonyl (C=O) groups is 2. The standard InChI is InChI=1S/C20H31N3O2/c1-14(2)12-18(20(25)23-10-8-22(5)9-11-23)21-19(24)17-7-6-15(3)16(4)13-17/h6-7,13-14,18H,8-12H2,1-5H3,(H,21,24)/t18-/m1/s1. The molecule has 0 radical (unpaired) electrons. The maximum absolute atomic E-state index is 12.9. The molecule has 0 unspecified atom stereocenters. The smallest absolute Gasteiger partial charge is 0.251 e. The number of hydrogen-bond acceptors (Lipinski definition) is 3. The van der Waals surface area contributed by atoms with Crippen LogP contribution in [0.1, 0.15) is 41.8 Å². The summed E-state index contributed by atoms with van der Waals surface area (Å²) < 4.78 is 0. The second kappa shape index (κ2) is 8.48. The first-order valence-electron chi connectivity index (χ1n) is 9.13. The maximum Gasteiger partial charge on any atom is 0.251 e. The van der Waals surface area contributed by atoms with Gasteiger partial charge >= 0.3 is 0 Å². The van der Waals surface area contributed by atoms with E-state index in [0.717, 1.165) is 37.3 Å². The van der Waals surface area contributed by atoms with Crippen LogP contribution in [-0.4, -0.2) is 60.9 Å². The van der Waals surface area contributed by atoms with Crippen molar-refractivity contribution in [3.63, 3.8) is 0 Å². The third-order valence-corrected chi connectivity index (χ3v) is 4.89. The van der Waals surface area contributed by atoms with Gasteiger partial charge in [0.1, 0.15) is 6.04 Å². The van der Waals surface area contributed by atoms with E-state index >= 15 is 0 Å². The van der Waals surface area contributed by atoms with E-state index in [1.165, 1.54) is 0 Å². The fraction of sp³-hybridized carbons (Fsp3) is 0.600. The number of aryl methyl sites for hydroxylation is 2. The molecule has 1 N–H and O–H groups in total. The fourth-order valence-electron chi connectivity index (χ4n) is 3.06. The summed E-state index contributed by atoms with van der Waals surface area (Å²) in [6.45, 7) is 11.4. The second-order valence-electron chi connectivity index (χ2n) is 7.58. The summed E-state index contributed by atoms with van der Waals surface area (Å²) in [5, 5.41) is 2.98. The number of amides is 2. The molecule has 2 rings (SSSR count). The summed E-state index contributed by atoms with van der Waals surface area (Å²) in [6, 6.07) is 5.20. The van der Waals surface area contributed by atoms with Crippen LogP contribution in [0.5, 0.6) is 0 Å². The number of carbonyl (C=O) groups excluding carboxylic acids is 2. The predicted octanol–water partition coefficient (Wildman–Crippen LogP) is 2.22. The first kappa shape index (κ1) is 19.4. The average molecular weight is 345 g/mol. The molecular formula is C20H31N3O2. The normalized spacial score (nSPS) is 16.8. The first-order chi connectivity index (χ1) is 11.8. The Morgan fingerprint density at radius 2 is 1.72 bits per heavy atom. The van der Waals surface area contributed by atoms with Crippen LogP contribution in [0.3, 0.4) is 0 Å². The lowest BCUT2D eigenvalue weighted by molar-refractivity contribution is -0.135. The van der Waals surface area contributed by atoms with E-state index in [1.54, 1.807) is 0 Å². The highest BCUT2D eigenvalue weighted by Gasteiger charge is 2.28. The Bertz CT molecular complexity index is 619. The number of rotatable bonds is 5. The third-order valence-electron chi connectivity index (χ3n) is 4.89. The monoisotopic (exact) mass is 345 g/mol. The second-order valence-corrected chi connectivity index (χ2v) is 7.58. The first-order valence-corrected chi connectivity index (χ1v) is 9.13. The summed E-state index contributed by atoms with van der Waals surface area (Å²) in [6.07, 6.45) is 0.655. The van der Waals surface area contributed by atoms with Crippen molar-refractivity contribution in [2.45, 2.75) is 40.2 Å². The molecule has 1 aliphatic heterocycles. The van der Waals surface area contributed by atoms with Gasteiger partial charge in [-0.15, -0.1) is 0 Å². The lowest BCUT2D eigenvalue weighted by Crippen LogP contribution is -2.54. The molecule has 0 aliphatic carbocycles. The fourth-order valence-corrected chi connectivity index (χ4v) is 3.06. The summed E-state index contributed by atoms with van der Waals surface area (Å²) >= 11 is 0. The van der Waals surface area contributed by atoms with Crippen molar-refractivity contribution >= 4 is 11.8 Å². The van der Waals surface area contributed by atoms with Gasteiger partial charge < -0.3 is 15.1 Å². The zero-order chi connectivity index (χ0) is 18.6. The van der Waals surface area contributed by atoms with E-state index in [1.807, 2.05) is 36.9 Å². The average Bonchev–Trinajstić information content (AvgIpc) is 2.56. The number of hydrogen-bond donors (Lipinski definition) is 1. The minimum Gasteiger partial charge on any atom is -0.340 e. The molecule has 5 heteroatoms. The van der Waals surface area contributed by atoms with Gasteiger partial charge in [0.2, 0.25) is 5.91 Å². The van der Waals surface area contributed by atoms with Crippen LogP contribution in [0.4, 0.5) is 0 Å². The number of benzene rings is 1. The van der Waals surface area contributed by atoms with Crippen LogP contribution >= 0.6 is 0 Å². The van der Waals surface area contributed by atoms with Gasteiger partial charge in [-0.2, -0.15) is 0 Å². The topological polar surface area (TPSA) is 52.7 Å². The summed E-state index contributed by atoms with van der Waals surface area (Å²) in [5.41, 5.74) is 2.85. The molecular weight excluding hydrogens is 314 g/mol. The summed E-state index contributed by atoms with van der Waals surface area (Å²) in [4.78, 5) is 29.7. The number of piperazine rings is 1. The predicted molar refractivity (Wildman–Crippen MR) is 101 cm³/mol. The third kappa shape index (κ3) is 5.30. The Morgan fingerprint density at radius 3 is 2.28 bits per heavy atom. The van der Waals surface area contributed by atoms with Crippen molar-refractivity contribution in [3.8, 4) is 0 Å². The zero-order valence-corrected chi connectivity index (χ0v) is 16.1. The van der Waals surface area contributed by atoms with Crippen LogP contribution in [0.25, 0.3) is 0 Å². The van der Waals surface area contributed by atoms with Crippen LogP contribution < -0.4 is 5.32 Å². The molecule has 0 bridgehead atoms. The molecule has 25 heavy (non-hydrogen) atoms. The molecule has 1 aromatic carbocycles. The number of nitrogens with one attached hydrogen (secondary N) is 1. The van der Waals surface area contributed by atoms with Crippen molar-refractivity contribution in [2.75, 3.05) is 33.2 Å². The van der Waals surface area contributed by atoms with E-state index in [2.05, 4.69) is 31.1 Å². The van der Waals surface area contributed by atoms with E-state index in [-0.39, 0.29) is 11.8 Å². The van der Waals surface area contributed by atoms with Crippen LogP contribution in [0, 0.1) is 19.8 Å². The molecule has 1 fully saturated rings. The van der Waals surface area contributed by atoms with Crippen molar-refractivity contribution in [1.82, 2.24) is 15.1 Å². The quantitative estimate of drug-likeness (QED) is 0.890. The van der Waals surface area contributed by atoms with Gasteiger partial charge in [0.25, 0.3) is 5.91 Å². The Labute approximate surface area is 151 Å². The molecule has 0 spiro atoms. The van der Waals surface area contributed by atoms with Crippen molar-refractivity contribution < 1.29 is 9.59 Å². The lowest BCUT2D eigenvalue weighted by Gasteiger charge is -2.35. The summed E-state index contributed by atoms with van der Waals surface area (Å²) in [5.74, 6) is 0.205. The minimum absolute atomic E-state index is 0.0407. The van der Waals surface area contributed by atoms with Gasteiger partial charge in [0.05, 0.1) is 0 Å². The number of likely N-dealkylation sites (N-methyl/N-ethyl adjacent to an activating group) is 1. The van der Waals surface area contributed by atoms with Gasteiger partial charge in [0, 0.05) is 31.7 Å². The van der Waals surface area contributed by atoms with Crippen LogP contribution in [0.2, 0.25) is 0 Å². The molecule has 1 saturated heterocycles. The zero-order valence-electron chi connectivity index (χ0n) is 16.1. The van der Waals surface area contributed by atoms with E-state index in [4.69, 9.17) is 0 Å². The lowest BCUT2D eigenvalue weighted by atomic mass is 10.0. The van der Waals surface area contributed by atoms with E-state index in [9.17, 15) is 9.59 Å². The Morgan fingerprint density at radius 1 is 1.08 bits per heavy atom. The number of nitrogens with zero attached hydrogens (tertiary/aromatic N) is 2. The Balaban J connectivity index is 2.09. The van der Waals surface area contributed by atoms with E-state index in [0.29, 0.717) is 17.9 Å². The molecule has 5 nitrogen and oxygen atoms in total. The SMILES string of the molecule is Cc1ccc(C(=O)N[C@H](CC(C)C)C(=O)N2CCN(C)CC2)cc1C. The molecule has 0 saturated carbocycles. The maximum atomic E-state index is 12.9. The van der Waals surface area contributed by atoms with Crippen LogP contribution in [-0.2, 0) is 4.79 Å². The van der Waals surface area contributed by atoms with Crippen LogP contribution in [0.15, 0.2) is 18.2 Å². The van der Waals surface area contributed by atoms with Gasteiger partial charge in [-0.1, -0.05) is 19.9 Å². The highest BCUT2D eigenvalue weighted by molar-refractivity contribution is 5.97. The van der Waals surface area contributed by atoms with Gasteiger partial charge in [-0.3, -0.25) is 9.59 Å². The molecule has 1 aromatic rings. The molecule has 1 aliphatic rings. The molecule has 2 amide bonds. The molecule has 1 atom stereocenters. The van der Waals surface area contributed by atoms with E-state index < -0.39 is 6.04 Å². The Hall–Kier alpha value is -1.88. The van der Waals surface area contributed by atoms with Gasteiger partial charge in [-0.25, -0.2) is 0 Å². The Kier molecular flexibility index (Phi) is 6.59.